The Kier molecular flexibility index (Phi) is 3.82. The van der Waals surface area contributed by atoms with Gasteiger partial charge >= 0.3 is 0 Å². The highest BCUT2D eigenvalue weighted by Crippen LogP contribution is 2.31. The molecule has 0 saturated heterocycles. The summed E-state index contributed by atoms with van der Waals surface area (Å²) in [6, 6.07) is 6.81. The third-order valence-electron chi connectivity index (χ3n) is 3.31. The minimum atomic E-state index is -4.05. The predicted octanol–water partition coefficient (Wildman–Crippen LogP) is 1.82. The van der Waals surface area contributed by atoms with Crippen LogP contribution >= 0.6 is 11.6 Å². The van der Waals surface area contributed by atoms with Crippen molar-refractivity contribution >= 4 is 44.1 Å². The molecule has 0 atom stereocenters. The number of nitrogens with one attached hydrogen (secondary N) is 2. The highest BCUT2D eigenvalue weighted by Gasteiger charge is 2.21. The van der Waals surface area contributed by atoms with E-state index < -0.39 is 21.7 Å². The Balaban J connectivity index is 2.02. The van der Waals surface area contributed by atoms with E-state index in [9.17, 15) is 18.3 Å². The Bertz CT molecular complexity index is 1060. The van der Waals surface area contributed by atoms with Crippen LogP contribution in [0.15, 0.2) is 41.4 Å². The molecule has 24 heavy (non-hydrogen) atoms. The number of carbonyl (C=O) groups is 1. The quantitative estimate of drug-likeness (QED) is 0.558. The van der Waals surface area contributed by atoms with Gasteiger partial charge in [0, 0.05) is 5.39 Å². The van der Waals surface area contributed by atoms with Gasteiger partial charge in [-0.3, -0.25) is 14.6 Å². The van der Waals surface area contributed by atoms with E-state index in [4.69, 9.17) is 17.3 Å². The molecule has 124 valence electrons. The number of nitrogens with zero attached hydrogens (tertiary/aromatic N) is 1. The van der Waals surface area contributed by atoms with E-state index in [0.717, 1.165) is 17.5 Å². The van der Waals surface area contributed by atoms with Gasteiger partial charge < -0.3 is 10.8 Å². The molecule has 0 aliphatic rings. The van der Waals surface area contributed by atoms with Gasteiger partial charge in [0.15, 0.2) is 0 Å². The summed E-state index contributed by atoms with van der Waals surface area (Å²) < 4.78 is 27.3. The molecule has 2 aromatic carbocycles. The number of anilines is 1. The first kappa shape index (κ1) is 16.1. The lowest BCUT2D eigenvalue weighted by molar-refractivity contribution is 0.0997. The summed E-state index contributed by atoms with van der Waals surface area (Å²) in [5, 5.41) is 16.8. The summed E-state index contributed by atoms with van der Waals surface area (Å²) in [4.78, 5) is 11.0. The largest absolute Gasteiger partial charge is 0.506 e. The first-order valence-electron chi connectivity index (χ1n) is 6.56. The van der Waals surface area contributed by atoms with Crippen molar-refractivity contribution in [2.45, 2.75) is 4.90 Å². The van der Waals surface area contributed by atoms with Crippen LogP contribution in [-0.4, -0.2) is 29.6 Å². The third kappa shape index (κ3) is 2.86. The number of carbonyl (C=O) groups excluding carboxylic acids is 1. The molecule has 0 spiro atoms. The van der Waals surface area contributed by atoms with Crippen LogP contribution in [0.4, 0.5) is 5.69 Å². The second-order valence-corrected chi connectivity index (χ2v) is 7.03. The van der Waals surface area contributed by atoms with Crippen molar-refractivity contribution in [3.8, 4) is 5.75 Å². The summed E-state index contributed by atoms with van der Waals surface area (Å²) >= 11 is 5.77. The van der Waals surface area contributed by atoms with E-state index in [0.29, 0.717) is 5.52 Å². The molecule has 0 saturated carbocycles. The minimum Gasteiger partial charge on any atom is -0.506 e. The van der Waals surface area contributed by atoms with Crippen LogP contribution < -0.4 is 10.5 Å². The number of fused-ring (bicyclic) bond motifs is 1. The van der Waals surface area contributed by atoms with Crippen LogP contribution in [0, 0.1) is 0 Å². The zero-order valence-corrected chi connectivity index (χ0v) is 13.5. The van der Waals surface area contributed by atoms with E-state index in [1.807, 2.05) is 0 Å². The number of benzene rings is 2. The Hall–Kier alpha value is -2.78. The number of nitrogens with two attached hydrogens (primary N) is 1. The number of rotatable bonds is 4. The fraction of sp³-hybridized carbons (Fsp3) is 0. The molecule has 3 rings (SSSR count). The molecule has 0 aliphatic heterocycles. The average molecular weight is 367 g/mol. The Morgan fingerprint density at radius 1 is 1.29 bits per heavy atom. The molecule has 0 radical (unpaired) electrons. The van der Waals surface area contributed by atoms with E-state index >= 15 is 0 Å². The molecule has 0 bridgehead atoms. The number of aromatic hydroxyl groups is 1. The van der Waals surface area contributed by atoms with Gasteiger partial charge in [0.05, 0.1) is 32.9 Å². The fourth-order valence-electron chi connectivity index (χ4n) is 2.13. The van der Waals surface area contributed by atoms with E-state index in [-0.39, 0.29) is 21.2 Å². The molecule has 0 fully saturated rings. The number of aromatic amines is 1. The van der Waals surface area contributed by atoms with Gasteiger partial charge in [-0.25, -0.2) is 8.42 Å². The highest BCUT2D eigenvalue weighted by atomic mass is 35.5. The molecular weight excluding hydrogens is 356 g/mol. The maximum atomic E-state index is 12.5. The molecule has 0 unspecified atom stereocenters. The summed E-state index contributed by atoms with van der Waals surface area (Å²) in [7, 11) is -4.05. The van der Waals surface area contributed by atoms with Crippen LogP contribution in [0.25, 0.3) is 10.9 Å². The smallest absolute Gasteiger partial charge is 0.261 e. The van der Waals surface area contributed by atoms with Gasteiger partial charge in [0.2, 0.25) is 0 Å². The van der Waals surface area contributed by atoms with Crippen LogP contribution in [0.2, 0.25) is 5.02 Å². The van der Waals surface area contributed by atoms with Crippen molar-refractivity contribution in [1.29, 1.82) is 0 Å². The summed E-state index contributed by atoms with van der Waals surface area (Å²) in [6.45, 7) is 0. The highest BCUT2D eigenvalue weighted by molar-refractivity contribution is 7.92. The first-order valence-corrected chi connectivity index (χ1v) is 8.42. The van der Waals surface area contributed by atoms with Crippen molar-refractivity contribution in [1.82, 2.24) is 10.2 Å². The standard InChI is InChI=1S/C14H11ClN4O4S/c15-11-5-9(4-10(13(11)20)14(16)21)24(22,23)19-8-2-1-7-6-17-18-12(7)3-8/h1-6,19-20H,(H2,16,21)(H,17,18). The summed E-state index contributed by atoms with van der Waals surface area (Å²) in [5.41, 5.74) is 5.67. The molecule has 1 amide bonds. The zero-order chi connectivity index (χ0) is 17.5. The van der Waals surface area contributed by atoms with E-state index in [1.165, 1.54) is 0 Å². The third-order valence-corrected chi connectivity index (χ3v) is 4.96. The molecule has 10 heteroatoms. The second-order valence-electron chi connectivity index (χ2n) is 4.94. The minimum absolute atomic E-state index is 0.288. The maximum absolute atomic E-state index is 12.5. The van der Waals surface area contributed by atoms with Crippen LogP contribution in [0.5, 0.6) is 5.75 Å². The van der Waals surface area contributed by atoms with Crippen molar-refractivity contribution in [3.63, 3.8) is 0 Å². The Labute approximate surface area is 141 Å². The number of halogens is 1. The summed E-state index contributed by atoms with van der Waals surface area (Å²) in [5.74, 6) is -1.56. The fourth-order valence-corrected chi connectivity index (χ4v) is 3.52. The number of phenols is 1. The number of H-pyrrole nitrogens is 1. The molecule has 3 aromatic rings. The van der Waals surface area contributed by atoms with Gasteiger partial charge in [-0.05, 0) is 30.3 Å². The zero-order valence-electron chi connectivity index (χ0n) is 11.9. The Morgan fingerprint density at radius 3 is 2.75 bits per heavy atom. The predicted molar refractivity (Wildman–Crippen MR) is 88.5 cm³/mol. The normalized spacial score (nSPS) is 11.5. The molecule has 1 aromatic heterocycles. The molecule has 5 N–H and O–H groups in total. The number of primary amides is 1. The number of hydrogen-bond donors (Lipinski definition) is 4. The number of aromatic nitrogens is 2. The van der Waals surface area contributed by atoms with Gasteiger partial charge in [-0.15, -0.1) is 0 Å². The van der Waals surface area contributed by atoms with Crippen molar-refractivity contribution < 1.29 is 18.3 Å². The molecular formula is C14H11ClN4O4S. The van der Waals surface area contributed by atoms with Crippen molar-refractivity contribution in [3.05, 3.63) is 47.1 Å². The van der Waals surface area contributed by atoms with Gasteiger partial charge in [0.1, 0.15) is 5.75 Å². The second kappa shape index (κ2) is 5.69. The number of hydrogen-bond acceptors (Lipinski definition) is 5. The van der Waals surface area contributed by atoms with Crippen molar-refractivity contribution in [2.75, 3.05) is 4.72 Å². The van der Waals surface area contributed by atoms with Gasteiger partial charge in [0.25, 0.3) is 15.9 Å². The van der Waals surface area contributed by atoms with E-state index in [1.54, 1.807) is 24.4 Å². The number of amides is 1. The first-order chi connectivity index (χ1) is 11.3. The molecule has 8 nitrogen and oxygen atoms in total. The van der Waals surface area contributed by atoms with Crippen LogP contribution in [-0.2, 0) is 10.0 Å². The topological polar surface area (TPSA) is 138 Å². The lowest BCUT2D eigenvalue weighted by Gasteiger charge is -2.11. The van der Waals surface area contributed by atoms with E-state index in [2.05, 4.69) is 14.9 Å². The molecule has 1 heterocycles. The summed E-state index contributed by atoms with van der Waals surface area (Å²) in [6.07, 6.45) is 1.60. The SMILES string of the molecule is NC(=O)c1cc(S(=O)(=O)Nc2ccc3cn[nH]c3c2)cc(Cl)c1O. The molecule has 0 aliphatic carbocycles. The lowest BCUT2D eigenvalue weighted by atomic mass is 10.2. The van der Waals surface area contributed by atoms with Gasteiger partial charge in [-0.1, -0.05) is 11.6 Å². The maximum Gasteiger partial charge on any atom is 0.261 e. The van der Waals surface area contributed by atoms with Crippen molar-refractivity contribution in [2.24, 2.45) is 5.73 Å². The average Bonchev–Trinajstić information content (AvgIpc) is 2.96. The number of sulfonamides is 1. The monoisotopic (exact) mass is 366 g/mol. The lowest BCUT2D eigenvalue weighted by Crippen LogP contribution is -2.16. The van der Waals surface area contributed by atoms with Crippen LogP contribution in [0.3, 0.4) is 0 Å². The Morgan fingerprint density at radius 2 is 2.04 bits per heavy atom. The van der Waals surface area contributed by atoms with Gasteiger partial charge in [-0.2, -0.15) is 5.10 Å². The van der Waals surface area contributed by atoms with Crippen LogP contribution in [0.1, 0.15) is 10.4 Å².